The molecule has 0 spiro atoms. The van der Waals surface area contributed by atoms with Crippen LogP contribution in [0.5, 0.6) is 0 Å². The third kappa shape index (κ3) is 3.12. The number of hydrogen-bond acceptors (Lipinski definition) is 3. The van der Waals surface area contributed by atoms with Gasteiger partial charge in [0.05, 0.1) is 6.26 Å². The van der Waals surface area contributed by atoms with Crippen molar-refractivity contribution in [2.45, 2.75) is 6.92 Å². The Morgan fingerprint density at radius 1 is 1.05 bits per heavy atom. The van der Waals surface area contributed by atoms with Crippen molar-refractivity contribution >= 4 is 23.4 Å². The fraction of sp³-hybridized carbons (Fsp3) is 0.0769. The molecule has 1 aromatic heterocycles. The largest absolute Gasteiger partial charge is 0.465 e. The smallest absolute Gasteiger partial charge is 0.409 e. The van der Waals surface area contributed by atoms with Crippen LogP contribution in [0.4, 0.5) is 16.2 Å². The van der Waals surface area contributed by atoms with Gasteiger partial charge in [0.25, 0.3) is 5.91 Å². The van der Waals surface area contributed by atoms with Crippen molar-refractivity contribution in [3.8, 4) is 0 Å². The van der Waals surface area contributed by atoms with Gasteiger partial charge in [-0.05, 0) is 37.3 Å². The number of furan rings is 1. The number of benzene rings is 1. The lowest BCUT2D eigenvalue weighted by Crippen LogP contribution is -2.12. The summed E-state index contributed by atoms with van der Waals surface area (Å²) in [7, 11) is 0. The van der Waals surface area contributed by atoms with Gasteiger partial charge in [-0.15, -0.1) is 0 Å². The molecule has 2 amide bonds. The van der Waals surface area contributed by atoms with E-state index in [0.29, 0.717) is 11.4 Å². The molecule has 0 fully saturated rings. The molecular formula is C13H12N2O4. The Balaban J connectivity index is 2.06. The molecule has 6 heteroatoms. The van der Waals surface area contributed by atoms with Crippen LogP contribution in [-0.4, -0.2) is 17.1 Å². The van der Waals surface area contributed by atoms with Crippen LogP contribution in [0.3, 0.4) is 0 Å². The first-order valence-corrected chi connectivity index (χ1v) is 5.52. The average Bonchev–Trinajstić information content (AvgIpc) is 2.77. The fourth-order valence-corrected chi connectivity index (χ4v) is 1.55. The summed E-state index contributed by atoms with van der Waals surface area (Å²) in [5, 5.41) is 13.4. The van der Waals surface area contributed by atoms with Crippen LogP contribution in [0, 0.1) is 6.92 Å². The normalized spacial score (nSPS) is 9.95. The molecule has 0 atom stereocenters. The lowest BCUT2D eigenvalue weighted by molar-refractivity contribution is 0.0996. The van der Waals surface area contributed by atoms with Crippen molar-refractivity contribution in [3.05, 3.63) is 47.9 Å². The quantitative estimate of drug-likeness (QED) is 0.791. The Morgan fingerprint density at radius 2 is 1.63 bits per heavy atom. The van der Waals surface area contributed by atoms with Crippen LogP contribution in [0.25, 0.3) is 0 Å². The molecule has 0 bridgehead atoms. The van der Waals surface area contributed by atoms with E-state index in [-0.39, 0.29) is 11.7 Å². The Morgan fingerprint density at radius 3 is 2.11 bits per heavy atom. The second-order valence-corrected chi connectivity index (χ2v) is 3.89. The topological polar surface area (TPSA) is 91.6 Å². The molecule has 0 saturated carbocycles. The number of nitrogens with one attached hydrogen (secondary N) is 2. The van der Waals surface area contributed by atoms with Gasteiger partial charge in [0.2, 0.25) is 0 Å². The van der Waals surface area contributed by atoms with Crippen molar-refractivity contribution in [1.29, 1.82) is 0 Å². The van der Waals surface area contributed by atoms with Crippen LogP contribution in [0.15, 0.2) is 41.0 Å². The van der Waals surface area contributed by atoms with E-state index in [1.54, 1.807) is 37.3 Å². The number of anilines is 2. The van der Waals surface area contributed by atoms with E-state index in [0.717, 1.165) is 5.56 Å². The van der Waals surface area contributed by atoms with E-state index in [2.05, 4.69) is 10.6 Å². The van der Waals surface area contributed by atoms with E-state index >= 15 is 0 Å². The predicted molar refractivity (Wildman–Crippen MR) is 69.5 cm³/mol. The van der Waals surface area contributed by atoms with Gasteiger partial charge in [-0.3, -0.25) is 10.1 Å². The minimum absolute atomic E-state index is 0.257. The molecule has 0 saturated heterocycles. The molecule has 1 heterocycles. The van der Waals surface area contributed by atoms with Crippen LogP contribution in [0.2, 0.25) is 0 Å². The summed E-state index contributed by atoms with van der Waals surface area (Å²) in [6.45, 7) is 1.78. The standard InChI is InChI=1S/C13H12N2O4/c1-8-6-7-19-11(8)12(16)14-9-2-4-10(5-3-9)15-13(17)18/h2-7,15H,1H3,(H,14,16)(H,17,18). The fourth-order valence-electron chi connectivity index (χ4n) is 1.55. The summed E-state index contributed by atoms with van der Waals surface area (Å²) in [4.78, 5) is 22.3. The second kappa shape index (κ2) is 5.26. The van der Waals surface area contributed by atoms with Crippen LogP contribution < -0.4 is 10.6 Å². The van der Waals surface area contributed by atoms with Crippen molar-refractivity contribution in [3.63, 3.8) is 0 Å². The monoisotopic (exact) mass is 260 g/mol. The summed E-state index contributed by atoms with van der Waals surface area (Å²) in [6, 6.07) is 8.01. The van der Waals surface area contributed by atoms with E-state index in [1.807, 2.05) is 0 Å². The van der Waals surface area contributed by atoms with Gasteiger partial charge in [-0.25, -0.2) is 4.79 Å². The first-order valence-electron chi connectivity index (χ1n) is 5.52. The lowest BCUT2D eigenvalue weighted by Gasteiger charge is -2.05. The number of carboxylic acid groups (broad SMARTS) is 1. The highest BCUT2D eigenvalue weighted by Gasteiger charge is 2.12. The number of amides is 2. The van der Waals surface area contributed by atoms with Crippen LogP contribution >= 0.6 is 0 Å². The molecule has 3 N–H and O–H groups in total. The van der Waals surface area contributed by atoms with Gasteiger partial charge in [-0.1, -0.05) is 0 Å². The summed E-state index contributed by atoms with van der Waals surface area (Å²) < 4.78 is 5.07. The number of aryl methyl sites for hydroxylation is 1. The second-order valence-electron chi connectivity index (χ2n) is 3.89. The summed E-state index contributed by atoms with van der Waals surface area (Å²) in [6.07, 6.45) is 0.312. The summed E-state index contributed by atoms with van der Waals surface area (Å²) in [5.74, 6) is -0.0887. The molecule has 0 unspecified atom stereocenters. The van der Waals surface area contributed by atoms with Crippen molar-refractivity contribution in [1.82, 2.24) is 0 Å². The van der Waals surface area contributed by atoms with E-state index in [9.17, 15) is 9.59 Å². The van der Waals surface area contributed by atoms with Gasteiger partial charge in [-0.2, -0.15) is 0 Å². The third-order valence-electron chi connectivity index (χ3n) is 2.46. The van der Waals surface area contributed by atoms with Gasteiger partial charge in [0, 0.05) is 16.9 Å². The molecule has 2 rings (SSSR count). The van der Waals surface area contributed by atoms with E-state index in [1.165, 1.54) is 6.26 Å². The highest BCUT2D eigenvalue weighted by atomic mass is 16.4. The summed E-state index contributed by atoms with van der Waals surface area (Å²) in [5.41, 5.74) is 1.73. The zero-order chi connectivity index (χ0) is 13.8. The van der Waals surface area contributed by atoms with E-state index < -0.39 is 6.09 Å². The molecule has 0 radical (unpaired) electrons. The van der Waals surface area contributed by atoms with Gasteiger partial charge in [0.1, 0.15) is 0 Å². The maximum atomic E-state index is 11.8. The molecular weight excluding hydrogens is 248 g/mol. The molecule has 0 aliphatic carbocycles. The molecule has 0 aliphatic rings. The number of carbonyl (C=O) groups excluding carboxylic acids is 1. The van der Waals surface area contributed by atoms with Crippen molar-refractivity contribution in [2.24, 2.45) is 0 Å². The van der Waals surface area contributed by atoms with Gasteiger partial charge >= 0.3 is 6.09 Å². The Bertz CT molecular complexity index is 601. The summed E-state index contributed by atoms with van der Waals surface area (Å²) >= 11 is 0. The zero-order valence-corrected chi connectivity index (χ0v) is 10.1. The first-order chi connectivity index (χ1) is 9.06. The SMILES string of the molecule is Cc1ccoc1C(=O)Nc1ccc(NC(=O)O)cc1. The van der Waals surface area contributed by atoms with Crippen molar-refractivity contribution < 1.29 is 19.1 Å². The molecule has 0 aliphatic heterocycles. The zero-order valence-electron chi connectivity index (χ0n) is 10.1. The van der Waals surface area contributed by atoms with Gasteiger partial charge in [0.15, 0.2) is 5.76 Å². The van der Waals surface area contributed by atoms with Crippen molar-refractivity contribution in [2.75, 3.05) is 10.6 Å². The molecule has 2 aromatic rings. The van der Waals surface area contributed by atoms with Gasteiger partial charge < -0.3 is 14.8 Å². The highest BCUT2D eigenvalue weighted by molar-refractivity contribution is 6.03. The average molecular weight is 260 g/mol. The minimum Gasteiger partial charge on any atom is -0.465 e. The minimum atomic E-state index is -1.14. The van der Waals surface area contributed by atoms with Crippen LogP contribution in [0.1, 0.15) is 16.1 Å². The highest BCUT2D eigenvalue weighted by Crippen LogP contribution is 2.16. The molecule has 98 valence electrons. The maximum absolute atomic E-state index is 11.8. The Hall–Kier alpha value is -2.76. The first kappa shape index (κ1) is 12.7. The Labute approximate surface area is 109 Å². The predicted octanol–water partition coefficient (Wildman–Crippen LogP) is 2.93. The molecule has 6 nitrogen and oxygen atoms in total. The molecule has 1 aromatic carbocycles. The maximum Gasteiger partial charge on any atom is 0.409 e. The molecule has 19 heavy (non-hydrogen) atoms. The number of rotatable bonds is 3. The lowest BCUT2D eigenvalue weighted by atomic mass is 10.2. The number of carbonyl (C=O) groups is 2. The Kier molecular flexibility index (Phi) is 3.51. The third-order valence-corrected chi connectivity index (χ3v) is 2.46. The van der Waals surface area contributed by atoms with E-state index in [4.69, 9.17) is 9.52 Å². The van der Waals surface area contributed by atoms with Crippen LogP contribution in [-0.2, 0) is 0 Å². The number of hydrogen-bond donors (Lipinski definition) is 3.